The van der Waals surface area contributed by atoms with Gasteiger partial charge in [-0.1, -0.05) is 25.1 Å². The molecule has 0 bridgehead atoms. The lowest BCUT2D eigenvalue weighted by molar-refractivity contribution is -0.135. The number of halogens is 1. The SMILES string of the molecule is CCC1NC(c2ccccc2F)N(C2CCCOC2)C1=O. The Kier molecular flexibility index (Phi) is 4.22. The lowest BCUT2D eigenvalue weighted by Crippen LogP contribution is -2.44. The van der Waals surface area contributed by atoms with E-state index in [1.165, 1.54) is 6.07 Å². The van der Waals surface area contributed by atoms with Gasteiger partial charge in [0.1, 0.15) is 12.0 Å². The Labute approximate surface area is 124 Å². The van der Waals surface area contributed by atoms with Crippen LogP contribution in [-0.2, 0) is 9.53 Å². The molecule has 2 fully saturated rings. The third-order valence-corrected chi connectivity index (χ3v) is 4.33. The number of carbonyl (C=O) groups is 1. The third kappa shape index (κ3) is 2.68. The second-order valence-corrected chi connectivity index (χ2v) is 5.67. The first kappa shape index (κ1) is 14.5. The van der Waals surface area contributed by atoms with Crippen LogP contribution in [0.1, 0.15) is 37.9 Å². The van der Waals surface area contributed by atoms with Crippen molar-refractivity contribution >= 4 is 5.91 Å². The standard InChI is InChI=1S/C16H21FN2O2/c1-2-14-16(20)19(11-6-5-9-21-10-11)15(18-14)12-7-3-4-8-13(12)17/h3-4,7-8,11,14-15,18H,2,5-6,9-10H2,1H3. The minimum atomic E-state index is -0.393. The summed E-state index contributed by atoms with van der Waals surface area (Å²) < 4.78 is 19.6. The molecule has 0 aromatic heterocycles. The Morgan fingerprint density at radius 1 is 1.43 bits per heavy atom. The van der Waals surface area contributed by atoms with Crippen LogP contribution in [0.2, 0.25) is 0 Å². The lowest BCUT2D eigenvalue weighted by atomic mass is 10.1. The number of amides is 1. The molecule has 0 saturated carbocycles. The predicted molar refractivity (Wildman–Crippen MR) is 77.0 cm³/mol. The van der Waals surface area contributed by atoms with Crippen molar-refractivity contribution in [2.45, 2.75) is 44.4 Å². The number of hydrogen-bond donors (Lipinski definition) is 1. The molecule has 2 heterocycles. The van der Waals surface area contributed by atoms with Crippen LogP contribution in [0.15, 0.2) is 24.3 Å². The van der Waals surface area contributed by atoms with Crippen molar-refractivity contribution in [3.05, 3.63) is 35.6 Å². The summed E-state index contributed by atoms with van der Waals surface area (Å²) in [4.78, 5) is 14.4. The van der Waals surface area contributed by atoms with Crippen LogP contribution in [0.3, 0.4) is 0 Å². The average Bonchev–Trinajstić information content (AvgIpc) is 2.85. The molecule has 3 unspecified atom stereocenters. The zero-order valence-electron chi connectivity index (χ0n) is 12.2. The van der Waals surface area contributed by atoms with Crippen LogP contribution in [0, 0.1) is 5.82 Å². The number of carbonyl (C=O) groups excluding carboxylic acids is 1. The minimum absolute atomic E-state index is 0.0277. The van der Waals surface area contributed by atoms with Gasteiger partial charge in [-0.2, -0.15) is 0 Å². The molecule has 0 radical (unpaired) electrons. The molecular weight excluding hydrogens is 271 g/mol. The van der Waals surface area contributed by atoms with Crippen LogP contribution < -0.4 is 5.32 Å². The van der Waals surface area contributed by atoms with Gasteiger partial charge >= 0.3 is 0 Å². The Morgan fingerprint density at radius 2 is 2.24 bits per heavy atom. The van der Waals surface area contributed by atoms with Crippen molar-refractivity contribution in [2.75, 3.05) is 13.2 Å². The average molecular weight is 292 g/mol. The van der Waals surface area contributed by atoms with Crippen molar-refractivity contribution in [2.24, 2.45) is 0 Å². The highest BCUT2D eigenvalue weighted by atomic mass is 19.1. The first-order valence-electron chi connectivity index (χ1n) is 7.62. The fourth-order valence-corrected chi connectivity index (χ4v) is 3.21. The van der Waals surface area contributed by atoms with Crippen molar-refractivity contribution < 1.29 is 13.9 Å². The van der Waals surface area contributed by atoms with Gasteiger partial charge in [-0.05, 0) is 25.3 Å². The molecule has 5 heteroatoms. The molecule has 2 aliphatic rings. The second kappa shape index (κ2) is 6.12. The molecule has 2 saturated heterocycles. The highest BCUT2D eigenvalue weighted by molar-refractivity contribution is 5.84. The number of ether oxygens (including phenoxy) is 1. The Balaban J connectivity index is 1.92. The topological polar surface area (TPSA) is 41.6 Å². The molecule has 0 aliphatic carbocycles. The summed E-state index contributed by atoms with van der Waals surface area (Å²) in [6, 6.07) is 6.45. The summed E-state index contributed by atoms with van der Waals surface area (Å²) in [5, 5.41) is 3.28. The first-order valence-corrected chi connectivity index (χ1v) is 7.62. The van der Waals surface area contributed by atoms with Gasteiger partial charge in [0.05, 0.1) is 18.7 Å². The van der Waals surface area contributed by atoms with E-state index in [4.69, 9.17) is 4.74 Å². The Bertz CT molecular complexity index is 517. The van der Waals surface area contributed by atoms with Crippen LogP contribution in [-0.4, -0.2) is 36.1 Å². The molecule has 1 amide bonds. The second-order valence-electron chi connectivity index (χ2n) is 5.67. The molecule has 0 spiro atoms. The number of rotatable bonds is 3. The van der Waals surface area contributed by atoms with Gasteiger partial charge in [0.15, 0.2) is 0 Å². The molecule has 3 atom stereocenters. The van der Waals surface area contributed by atoms with E-state index in [2.05, 4.69) is 5.32 Å². The van der Waals surface area contributed by atoms with E-state index in [1.54, 1.807) is 23.1 Å². The van der Waals surface area contributed by atoms with E-state index in [1.807, 2.05) is 6.92 Å². The van der Waals surface area contributed by atoms with Gasteiger partial charge in [-0.15, -0.1) is 0 Å². The number of hydrogen-bond acceptors (Lipinski definition) is 3. The maximum atomic E-state index is 14.1. The van der Waals surface area contributed by atoms with E-state index in [0.717, 1.165) is 19.4 Å². The number of nitrogens with zero attached hydrogens (tertiary/aromatic N) is 1. The lowest BCUT2D eigenvalue weighted by Gasteiger charge is -2.35. The molecular formula is C16H21FN2O2. The molecule has 1 aromatic rings. The van der Waals surface area contributed by atoms with Gasteiger partial charge in [0.25, 0.3) is 0 Å². The zero-order chi connectivity index (χ0) is 14.8. The largest absolute Gasteiger partial charge is 0.379 e. The fourth-order valence-electron chi connectivity index (χ4n) is 3.21. The van der Waals surface area contributed by atoms with Gasteiger partial charge < -0.3 is 9.64 Å². The van der Waals surface area contributed by atoms with Gasteiger partial charge in [-0.3, -0.25) is 10.1 Å². The molecule has 2 aliphatic heterocycles. The van der Waals surface area contributed by atoms with E-state index in [-0.39, 0.29) is 23.8 Å². The molecule has 1 aromatic carbocycles. The first-order chi connectivity index (χ1) is 10.2. The maximum absolute atomic E-state index is 14.1. The van der Waals surface area contributed by atoms with E-state index >= 15 is 0 Å². The third-order valence-electron chi connectivity index (χ3n) is 4.33. The monoisotopic (exact) mass is 292 g/mol. The molecule has 21 heavy (non-hydrogen) atoms. The van der Waals surface area contributed by atoms with Crippen LogP contribution in [0.25, 0.3) is 0 Å². The summed E-state index contributed by atoms with van der Waals surface area (Å²) in [5.74, 6) is -0.220. The Morgan fingerprint density at radius 3 is 2.90 bits per heavy atom. The Hall–Kier alpha value is -1.46. The van der Waals surface area contributed by atoms with Crippen LogP contribution in [0.4, 0.5) is 4.39 Å². The highest BCUT2D eigenvalue weighted by Crippen LogP contribution is 2.32. The van der Waals surface area contributed by atoms with Crippen molar-refractivity contribution in [1.29, 1.82) is 0 Å². The van der Waals surface area contributed by atoms with E-state index in [0.29, 0.717) is 18.6 Å². The highest BCUT2D eigenvalue weighted by Gasteiger charge is 2.43. The summed E-state index contributed by atoms with van der Waals surface area (Å²) in [6.07, 6.45) is 2.16. The normalized spacial score (nSPS) is 29.9. The van der Waals surface area contributed by atoms with Crippen molar-refractivity contribution in [3.8, 4) is 0 Å². The van der Waals surface area contributed by atoms with Gasteiger partial charge in [0, 0.05) is 12.2 Å². The minimum Gasteiger partial charge on any atom is -0.379 e. The molecule has 114 valence electrons. The molecule has 4 nitrogen and oxygen atoms in total. The summed E-state index contributed by atoms with van der Waals surface area (Å²) in [6.45, 7) is 3.25. The van der Waals surface area contributed by atoms with Gasteiger partial charge in [-0.25, -0.2) is 4.39 Å². The van der Waals surface area contributed by atoms with Crippen LogP contribution in [0.5, 0.6) is 0 Å². The fraction of sp³-hybridized carbons (Fsp3) is 0.562. The van der Waals surface area contributed by atoms with Gasteiger partial charge in [0.2, 0.25) is 5.91 Å². The summed E-state index contributed by atoms with van der Waals surface area (Å²) >= 11 is 0. The maximum Gasteiger partial charge on any atom is 0.241 e. The van der Waals surface area contributed by atoms with Crippen molar-refractivity contribution in [3.63, 3.8) is 0 Å². The predicted octanol–water partition coefficient (Wildman–Crippen LogP) is 2.21. The van der Waals surface area contributed by atoms with E-state index < -0.39 is 6.17 Å². The summed E-state index contributed by atoms with van der Waals surface area (Å²) in [7, 11) is 0. The van der Waals surface area contributed by atoms with E-state index in [9.17, 15) is 9.18 Å². The number of nitrogens with one attached hydrogen (secondary N) is 1. The number of benzene rings is 1. The molecule has 3 rings (SSSR count). The molecule has 1 N–H and O–H groups in total. The quantitative estimate of drug-likeness (QED) is 0.929. The smallest absolute Gasteiger partial charge is 0.241 e. The zero-order valence-corrected chi connectivity index (χ0v) is 12.2. The van der Waals surface area contributed by atoms with Crippen LogP contribution >= 0.6 is 0 Å². The van der Waals surface area contributed by atoms with Crippen molar-refractivity contribution in [1.82, 2.24) is 10.2 Å². The summed E-state index contributed by atoms with van der Waals surface area (Å²) in [5.41, 5.74) is 0.535.